The summed E-state index contributed by atoms with van der Waals surface area (Å²) in [6, 6.07) is 8.04. The van der Waals surface area contributed by atoms with Gasteiger partial charge in [-0.25, -0.2) is 0 Å². The smallest absolute Gasteiger partial charge is 0.123 e. The Morgan fingerprint density at radius 1 is 1.17 bits per heavy atom. The Bertz CT molecular complexity index is 430. The fourth-order valence-electron chi connectivity index (χ4n) is 2.98. The van der Waals surface area contributed by atoms with E-state index in [0.29, 0.717) is 13.0 Å². The predicted molar refractivity (Wildman–Crippen MR) is 70.0 cm³/mol. The van der Waals surface area contributed by atoms with Crippen LogP contribution < -0.4 is 5.73 Å². The molecule has 3 nitrogen and oxygen atoms in total. The molecule has 18 heavy (non-hydrogen) atoms. The molecule has 1 fully saturated rings. The Balaban J connectivity index is 2.26. The van der Waals surface area contributed by atoms with Crippen LogP contribution in [0, 0.1) is 11.8 Å². The number of carbonyl (C=O) groups excluding carboxylic acids is 2. The Hall–Kier alpha value is -1.48. The molecule has 3 unspecified atom stereocenters. The second kappa shape index (κ2) is 5.91. The summed E-state index contributed by atoms with van der Waals surface area (Å²) in [5.74, 6) is 0.210. The minimum atomic E-state index is -0.0540. The number of rotatable bonds is 4. The monoisotopic (exact) mass is 245 g/mol. The first kappa shape index (κ1) is 13.0. The molecule has 1 saturated carbocycles. The first-order valence-corrected chi connectivity index (χ1v) is 6.48. The normalized spacial score (nSPS) is 27.7. The van der Waals surface area contributed by atoms with E-state index in [1.165, 1.54) is 5.56 Å². The zero-order chi connectivity index (χ0) is 13.0. The standard InChI is InChI=1S/C15H19NO2/c16-8-12-3-1-2-4-14(12)15-6-5-11(9-17)7-13(15)10-18/h1-4,9-11,13,15H,5-8,16H2. The lowest BCUT2D eigenvalue weighted by Gasteiger charge is -2.32. The van der Waals surface area contributed by atoms with Gasteiger partial charge in [0.15, 0.2) is 0 Å². The van der Waals surface area contributed by atoms with Crippen LogP contribution in [0.1, 0.15) is 36.3 Å². The summed E-state index contributed by atoms with van der Waals surface area (Å²) < 4.78 is 0. The SMILES string of the molecule is NCc1ccccc1C1CCC(C=O)CC1C=O. The second-order valence-corrected chi connectivity index (χ2v) is 5.02. The summed E-state index contributed by atoms with van der Waals surface area (Å²) >= 11 is 0. The molecular formula is C15H19NO2. The van der Waals surface area contributed by atoms with Gasteiger partial charge in [0.1, 0.15) is 12.6 Å². The Labute approximate surface area is 107 Å². The summed E-state index contributed by atoms with van der Waals surface area (Å²) in [7, 11) is 0. The van der Waals surface area contributed by atoms with E-state index < -0.39 is 0 Å². The fraction of sp³-hybridized carbons (Fsp3) is 0.467. The molecule has 0 amide bonds. The van der Waals surface area contributed by atoms with Gasteiger partial charge >= 0.3 is 0 Å². The van der Waals surface area contributed by atoms with Crippen molar-refractivity contribution in [3.63, 3.8) is 0 Å². The molecule has 3 atom stereocenters. The van der Waals surface area contributed by atoms with Crippen LogP contribution in [0.15, 0.2) is 24.3 Å². The van der Waals surface area contributed by atoms with Crippen molar-refractivity contribution in [2.75, 3.05) is 0 Å². The Morgan fingerprint density at radius 3 is 2.61 bits per heavy atom. The number of aldehydes is 2. The average molecular weight is 245 g/mol. The van der Waals surface area contributed by atoms with Crippen LogP contribution in [0.5, 0.6) is 0 Å². The first-order chi connectivity index (χ1) is 8.80. The van der Waals surface area contributed by atoms with E-state index in [1.807, 2.05) is 18.2 Å². The highest BCUT2D eigenvalue weighted by Gasteiger charge is 2.31. The number of hydrogen-bond acceptors (Lipinski definition) is 3. The maximum atomic E-state index is 11.3. The fourth-order valence-corrected chi connectivity index (χ4v) is 2.98. The maximum absolute atomic E-state index is 11.3. The summed E-state index contributed by atoms with van der Waals surface area (Å²) in [6.07, 6.45) is 4.44. The summed E-state index contributed by atoms with van der Waals surface area (Å²) in [5.41, 5.74) is 8.05. The molecule has 1 aromatic carbocycles. The van der Waals surface area contributed by atoms with Crippen LogP contribution in [0.3, 0.4) is 0 Å². The van der Waals surface area contributed by atoms with Gasteiger partial charge in [0, 0.05) is 18.4 Å². The highest BCUT2D eigenvalue weighted by Crippen LogP contribution is 2.39. The second-order valence-electron chi connectivity index (χ2n) is 5.02. The zero-order valence-electron chi connectivity index (χ0n) is 10.4. The van der Waals surface area contributed by atoms with Crippen LogP contribution in [-0.4, -0.2) is 12.6 Å². The molecule has 2 rings (SSSR count). The molecule has 1 aromatic rings. The van der Waals surface area contributed by atoms with Gasteiger partial charge in [-0.2, -0.15) is 0 Å². The summed E-state index contributed by atoms with van der Waals surface area (Å²) in [4.78, 5) is 22.1. The molecule has 1 aliphatic carbocycles. The van der Waals surface area contributed by atoms with E-state index >= 15 is 0 Å². The molecule has 96 valence electrons. The third-order valence-corrected chi connectivity index (χ3v) is 3.98. The van der Waals surface area contributed by atoms with Crippen LogP contribution in [0.4, 0.5) is 0 Å². The van der Waals surface area contributed by atoms with E-state index in [2.05, 4.69) is 6.07 Å². The van der Waals surface area contributed by atoms with Crippen LogP contribution >= 0.6 is 0 Å². The lowest BCUT2D eigenvalue weighted by atomic mass is 9.71. The topological polar surface area (TPSA) is 60.2 Å². The lowest BCUT2D eigenvalue weighted by Crippen LogP contribution is -2.26. The maximum Gasteiger partial charge on any atom is 0.123 e. The van der Waals surface area contributed by atoms with Gasteiger partial charge in [-0.3, -0.25) is 0 Å². The highest BCUT2D eigenvalue weighted by molar-refractivity contribution is 5.60. The Morgan fingerprint density at radius 2 is 1.94 bits per heavy atom. The van der Waals surface area contributed by atoms with Crippen LogP contribution in [0.25, 0.3) is 0 Å². The largest absolute Gasteiger partial charge is 0.326 e. The van der Waals surface area contributed by atoms with E-state index in [9.17, 15) is 9.59 Å². The highest BCUT2D eigenvalue weighted by atomic mass is 16.1. The molecule has 0 spiro atoms. The van der Waals surface area contributed by atoms with Crippen molar-refractivity contribution >= 4 is 12.6 Å². The lowest BCUT2D eigenvalue weighted by molar-refractivity contribution is -0.116. The van der Waals surface area contributed by atoms with Crippen molar-refractivity contribution in [3.05, 3.63) is 35.4 Å². The average Bonchev–Trinajstić information content (AvgIpc) is 2.46. The van der Waals surface area contributed by atoms with E-state index in [-0.39, 0.29) is 17.8 Å². The van der Waals surface area contributed by atoms with Crippen molar-refractivity contribution in [2.45, 2.75) is 31.7 Å². The molecule has 1 aliphatic rings. The van der Waals surface area contributed by atoms with Crippen LogP contribution in [-0.2, 0) is 16.1 Å². The number of benzene rings is 1. The molecule has 0 radical (unpaired) electrons. The Kier molecular flexibility index (Phi) is 4.26. The van der Waals surface area contributed by atoms with E-state index in [4.69, 9.17) is 5.73 Å². The van der Waals surface area contributed by atoms with Gasteiger partial charge < -0.3 is 15.3 Å². The van der Waals surface area contributed by atoms with Gasteiger partial charge in [0.2, 0.25) is 0 Å². The molecule has 0 bridgehead atoms. The number of hydrogen-bond donors (Lipinski definition) is 1. The molecule has 2 N–H and O–H groups in total. The van der Waals surface area contributed by atoms with Crippen molar-refractivity contribution in [1.82, 2.24) is 0 Å². The molecule has 0 saturated heterocycles. The minimum absolute atomic E-state index is 0.0430. The van der Waals surface area contributed by atoms with Gasteiger partial charge in [-0.05, 0) is 36.3 Å². The third kappa shape index (κ3) is 2.51. The van der Waals surface area contributed by atoms with Crippen molar-refractivity contribution in [3.8, 4) is 0 Å². The third-order valence-electron chi connectivity index (χ3n) is 3.98. The number of carbonyl (C=O) groups is 2. The van der Waals surface area contributed by atoms with Crippen LogP contribution in [0.2, 0.25) is 0 Å². The quantitative estimate of drug-likeness (QED) is 0.826. The van der Waals surface area contributed by atoms with Crippen molar-refractivity contribution in [1.29, 1.82) is 0 Å². The summed E-state index contributed by atoms with van der Waals surface area (Å²) in [6.45, 7) is 0.495. The van der Waals surface area contributed by atoms with E-state index in [1.54, 1.807) is 0 Å². The molecule has 0 aliphatic heterocycles. The first-order valence-electron chi connectivity index (χ1n) is 6.48. The molecule has 0 aromatic heterocycles. The minimum Gasteiger partial charge on any atom is -0.326 e. The van der Waals surface area contributed by atoms with E-state index in [0.717, 1.165) is 31.0 Å². The van der Waals surface area contributed by atoms with Crippen molar-refractivity contribution in [2.24, 2.45) is 17.6 Å². The van der Waals surface area contributed by atoms with Gasteiger partial charge in [-0.15, -0.1) is 0 Å². The van der Waals surface area contributed by atoms with Gasteiger partial charge in [-0.1, -0.05) is 24.3 Å². The molecule has 3 heteroatoms. The van der Waals surface area contributed by atoms with Gasteiger partial charge in [0.05, 0.1) is 0 Å². The molecule has 0 heterocycles. The molecular weight excluding hydrogens is 226 g/mol. The zero-order valence-corrected chi connectivity index (χ0v) is 10.4. The van der Waals surface area contributed by atoms with Gasteiger partial charge in [0.25, 0.3) is 0 Å². The predicted octanol–water partition coefficient (Wildman–Crippen LogP) is 2.04. The van der Waals surface area contributed by atoms with Crippen molar-refractivity contribution < 1.29 is 9.59 Å². The summed E-state index contributed by atoms with van der Waals surface area (Å²) in [5, 5.41) is 0. The number of nitrogens with two attached hydrogens (primary N) is 1.